The molecule has 2 heteroatoms. The van der Waals surface area contributed by atoms with Crippen LogP contribution in [0.5, 0.6) is 0 Å². The Kier molecular flexibility index (Phi) is 5.68. The van der Waals surface area contributed by atoms with Crippen LogP contribution in [0.15, 0.2) is 0 Å². The molecule has 0 bridgehead atoms. The molecule has 0 saturated heterocycles. The summed E-state index contributed by atoms with van der Waals surface area (Å²) in [6.45, 7) is 12.6. The van der Waals surface area contributed by atoms with E-state index < -0.39 is 0 Å². The lowest BCUT2D eigenvalue weighted by Gasteiger charge is -2.42. The van der Waals surface area contributed by atoms with Crippen LogP contribution in [0.4, 0.5) is 0 Å². The standard InChI is InChI=1S/C12H27NO/c1-6-8-12(5,11(2,3)4)14-10-7-9-13/h6-10,13H2,1-5H3/t12-/m0/s1. The van der Waals surface area contributed by atoms with Crippen molar-refractivity contribution in [2.24, 2.45) is 11.1 Å². The molecule has 0 aliphatic heterocycles. The first-order valence-corrected chi connectivity index (χ1v) is 5.71. The normalized spacial score (nSPS) is 16.7. The highest BCUT2D eigenvalue weighted by atomic mass is 16.5. The van der Waals surface area contributed by atoms with Crippen molar-refractivity contribution < 1.29 is 4.74 Å². The monoisotopic (exact) mass is 201 g/mol. The maximum absolute atomic E-state index is 5.99. The van der Waals surface area contributed by atoms with Crippen molar-refractivity contribution in [2.75, 3.05) is 13.2 Å². The molecule has 2 N–H and O–H groups in total. The molecule has 0 aromatic heterocycles. The van der Waals surface area contributed by atoms with Gasteiger partial charge in [-0.3, -0.25) is 0 Å². The molecule has 0 heterocycles. The molecule has 86 valence electrons. The van der Waals surface area contributed by atoms with Crippen LogP contribution >= 0.6 is 0 Å². The summed E-state index contributed by atoms with van der Waals surface area (Å²) >= 11 is 0. The van der Waals surface area contributed by atoms with E-state index in [0.717, 1.165) is 25.9 Å². The molecular formula is C12H27NO. The van der Waals surface area contributed by atoms with Crippen LogP contribution in [-0.4, -0.2) is 18.8 Å². The van der Waals surface area contributed by atoms with Crippen molar-refractivity contribution in [2.45, 2.75) is 59.5 Å². The van der Waals surface area contributed by atoms with Crippen molar-refractivity contribution in [3.8, 4) is 0 Å². The molecule has 0 aliphatic carbocycles. The third kappa shape index (κ3) is 3.97. The minimum Gasteiger partial charge on any atom is -0.375 e. The lowest BCUT2D eigenvalue weighted by molar-refractivity contribution is -0.109. The topological polar surface area (TPSA) is 35.2 Å². The van der Waals surface area contributed by atoms with Gasteiger partial charge in [0.15, 0.2) is 0 Å². The largest absolute Gasteiger partial charge is 0.375 e. The van der Waals surface area contributed by atoms with Crippen molar-refractivity contribution in [1.82, 2.24) is 0 Å². The first kappa shape index (κ1) is 13.9. The highest BCUT2D eigenvalue weighted by Gasteiger charge is 2.37. The average Bonchev–Trinajstić information content (AvgIpc) is 2.03. The minimum atomic E-state index is -0.0169. The van der Waals surface area contributed by atoms with Gasteiger partial charge in [0.2, 0.25) is 0 Å². The minimum absolute atomic E-state index is 0.0169. The van der Waals surface area contributed by atoms with Crippen LogP contribution in [0.3, 0.4) is 0 Å². The van der Waals surface area contributed by atoms with Gasteiger partial charge in [0, 0.05) is 6.61 Å². The van der Waals surface area contributed by atoms with Crippen LogP contribution in [0.25, 0.3) is 0 Å². The lowest BCUT2D eigenvalue weighted by Crippen LogP contribution is -2.43. The van der Waals surface area contributed by atoms with E-state index in [2.05, 4.69) is 34.6 Å². The Labute approximate surface area is 89.2 Å². The second kappa shape index (κ2) is 5.72. The zero-order valence-corrected chi connectivity index (χ0v) is 10.5. The Morgan fingerprint density at radius 3 is 2.07 bits per heavy atom. The van der Waals surface area contributed by atoms with Crippen molar-refractivity contribution >= 4 is 0 Å². The molecule has 0 rings (SSSR count). The highest BCUT2D eigenvalue weighted by Crippen LogP contribution is 2.37. The van der Waals surface area contributed by atoms with Gasteiger partial charge in [0.1, 0.15) is 0 Å². The van der Waals surface area contributed by atoms with Crippen LogP contribution in [0, 0.1) is 5.41 Å². The third-order valence-electron chi connectivity index (χ3n) is 3.08. The molecule has 0 fully saturated rings. The van der Waals surface area contributed by atoms with E-state index in [1.807, 2.05) is 0 Å². The SMILES string of the molecule is CCC[C@](C)(OCCCN)C(C)(C)C. The van der Waals surface area contributed by atoms with Crippen LogP contribution in [0.1, 0.15) is 53.9 Å². The molecule has 1 atom stereocenters. The second-order valence-corrected chi connectivity index (χ2v) is 5.22. The molecule has 0 aromatic rings. The zero-order chi connectivity index (χ0) is 11.2. The summed E-state index contributed by atoms with van der Waals surface area (Å²) in [5, 5.41) is 0. The number of nitrogens with two attached hydrogens (primary N) is 1. The molecule has 0 radical (unpaired) electrons. The molecule has 0 aromatic carbocycles. The predicted octanol–water partition coefficient (Wildman–Crippen LogP) is 2.96. The summed E-state index contributed by atoms with van der Waals surface area (Å²) in [5.41, 5.74) is 5.64. The predicted molar refractivity (Wildman–Crippen MR) is 62.4 cm³/mol. The zero-order valence-electron chi connectivity index (χ0n) is 10.5. The van der Waals surface area contributed by atoms with Gasteiger partial charge in [-0.05, 0) is 31.7 Å². The molecule has 0 unspecified atom stereocenters. The first-order chi connectivity index (χ1) is 6.37. The van der Waals surface area contributed by atoms with E-state index in [-0.39, 0.29) is 11.0 Å². The number of ether oxygens (including phenoxy) is 1. The first-order valence-electron chi connectivity index (χ1n) is 5.71. The summed E-state index contributed by atoms with van der Waals surface area (Å²) < 4.78 is 5.99. The summed E-state index contributed by atoms with van der Waals surface area (Å²) in [6, 6.07) is 0. The Bertz CT molecular complexity index is 151. The molecular weight excluding hydrogens is 174 g/mol. The van der Waals surface area contributed by atoms with E-state index in [1.165, 1.54) is 0 Å². The smallest absolute Gasteiger partial charge is 0.0702 e. The van der Waals surface area contributed by atoms with Gasteiger partial charge in [-0.1, -0.05) is 34.1 Å². The summed E-state index contributed by atoms with van der Waals surface area (Å²) in [7, 11) is 0. The van der Waals surface area contributed by atoms with E-state index >= 15 is 0 Å². The van der Waals surface area contributed by atoms with Gasteiger partial charge in [-0.2, -0.15) is 0 Å². The Balaban J connectivity index is 4.25. The molecule has 0 aliphatic rings. The third-order valence-corrected chi connectivity index (χ3v) is 3.08. The number of hydrogen-bond acceptors (Lipinski definition) is 2. The molecule has 2 nitrogen and oxygen atoms in total. The second-order valence-electron chi connectivity index (χ2n) is 5.22. The fourth-order valence-corrected chi connectivity index (χ4v) is 1.52. The maximum atomic E-state index is 5.99. The summed E-state index contributed by atoms with van der Waals surface area (Å²) in [6.07, 6.45) is 3.23. The molecule has 0 amide bonds. The van der Waals surface area contributed by atoms with Crippen molar-refractivity contribution in [3.05, 3.63) is 0 Å². The highest BCUT2D eigenvalue weighted by molar-refractivity contribution is 4.87. The average molecular weight is 201 g/mol. The van der Waals surface area contributed by atoms with Crippen LogP contribution in [-0.2, 0) is 4.74 Å². The Hall–Kier alpha value is -0.0800. The lowest BCUT2D eigenvalue weighted by atomic mass is 9.75. The van der Waals surface area contributed by atoms with Gasteiger partial charge in [0.05, 0.1) is 5.60 Å². The Morgan fingerprint density at radius 2 is 1.71 bits per heavy atom. The van der Waals surface area contributed by atoms with Crippen molar-refractivity contribution in [1.29, 1.82) is 0 Å². The summed E-state index contributed by atoms with van der Waals surface area (Å²) in [5.74, 6) is 0. The van der Waals surface area contributed by atoms with Crippen molar-refractivity contribution in [3.63, 3.8) is 0 Å². The molecule has 14 heavy (non-hydrogen) atoms. The fraction of sp³-hybridized carbons (Fsp3) is 1.00. The van der Waals surface area contributed by atoms with E-state index in [9.17, 15) is 0 Å². The summed E-state index contributed by atoms with van der Waals surface area (Å²) in [4.78, 5) is 0. The number of rotatable bonds is 6. The van der Waals surface area contributed by atoms with E-state index in [0.29, 0.717) is 6.54 Å². The van der Waals surface area contributed by atoms with E-state index in [4.69, 9.17) is 10.5 Å². The molecule has 0 saturated carbocycles. The van der Waals surface area contributed by atoms with Gasteiger partial charge in [-0.15, -0.1) is 0 Å². The maximum Gasteiger partial charge on any atom is 0.0702 e. The van der Waals surface area contributed by atoms with Crippen LogP contribution < -0.4 is 5.73 Å². The van der Waals surface area contributed by atoms with Gasteiger partial charge >= 0.3 is 0 Å². The Morgan fingerprint density at radius 1 is 1.14 bits per heavy atom. The van der Waals surface area contributed by atoms with Gasteiger partial charge < -0.3 is 10.5 Å². The fourth-order valence-electron chi connectivity index (χ4n) is 1.52. The van der Waals surface area contributed by atoms with Gasteiger partial charge in [-0.25, -0.2) is 0 Å². The van der Waals surface area contributed by atoms with Gasteiger partial charge in [0.25, 0.3) is 0 Å². The van der Waals surface area contributed by atoms with Crippen LogP contribution in [0.2, 0.25) is 0 Å². The van der Waals surface area contributed by atoms with E-state index in [1.54, 1.807) is 0 Å². The number of hydrogen-bond donors (Lipinski definition) is 1. The molecule has 0 spiro atoms. The quantitative estimate of drug-likeness (QED) is 0.671.